The van der Waals surface area contributed by atoms with Crippen LogP contribution in [0.5, 0.6) is 0 Å². The molecule has 3 aromatic carbocycles. The molecular weight excluding hydrogens is 388 g/mol. The molecule has 6 heteroatoms. The third-order valence-corrected chi connectivity index (χ3v) is 4.94. The lowest BCUT2D eigenvalue weighted by molar-refractivity contribution is 0.102. The highest BCUT2D eigenvalue weighted by molar-refractivity contribution is 6.05. The summed E-state index contributed by atoms with van der Waals surface area (Å²) in [6.45, 7) is 0. The Hall–Kier alpha value is -4.45. The van der Waals surface area contributed by atoms with Crippen molar-refractivity contribution in [3.05, 3.63) is 108 Å². The normalized spacial score (nSPS) is 10.8. The Kier molecular flexibility index (Phi) is 4.65. The molecule has 0 saturated heterocycles. The topological polar surface area (TPSA) is 83.9 Å². The van der Waals surface area contributed by atoms with Gasteiger partial charge in [0.25, 0.3) is 5.91 Å². The molecule has 0 spiro atoms. The molecular formula is C25H18N4O2. The number of nitrogens with zero attached hydrogens (tertiary/aromatic N) is 2. The van der Waals surface area contributed by atoms with Crippen molar-refractivity contribution in [1.82, 2.24) is 9.78 Å². The SMILES string of the molecule is N=c1oc2ccccc2cc1C(=O)Nc1cc(-c2ccccc2)nn1-c1ccccc1. The van der Waals surface area contributed by atoms with Crippen LogP contribution in [-0.2, 0) is 0 Å². The van der Waals surface area contributed by atoms with Gasteiger partial charge in [-0.2, -0.15) is 5.10 Å². The van der Waals surface area contributed by atoms with Crippen LogP contribution < -0.4 is 10.9 Å². The number of amides is 1. The maximum Gasteiger partial charge on any atom is 0.262 e. The first kappa shape index (κ1) is 18.6. The predicted molar refractivity (Wildman–Crippen MR) is 119 cm³/mol. The van der Waals surface area contributed by atoms with E-state index in [1.807, 2.05) is 84.9 Å². The van der Waals surface area contributed by atoms with Crippen LogP contribution in [0.15, 0.2) is 101 Å². The summed E-state index contributed by atoms with van der Waals surface area (Å²) < 4.78 is 7.21. The maximum atomic E-state index is 13.1. The van der Waals surface area contributed by atoms with Gasteiger partial charge in [-0.1, -0.05) is 66.7 Å². The van der Waals surface area contributed by atoms with Gasteiger partial charge < -0.3 is 9.73 Å². The Balaban J connectivity index is 1.57. The molecule has 0 unspecified atom stereocenters. The van der Waals surface area contributed by atoms with Crippen LogP contribution in [-0.4, -0.2) is 15.7 Å². The Bertz CT molecular complexity index is 1440. The third kappa shape index (κ3) is 3.62. The molecule has 0 aliphatic heterocycles. The van der Waals surface area contributed by atoms with E-state index in [-0.39, 0.29) is 11.1 Å². The molecule has 0 aliphatic carbocycles. The first-order valence-corrected chi connectivity index (χ1v) is 9.79. The van der Waals surface area contributed by atoms with Gasteiger partial charge in [0.15, 0.2) is 0 Å². The van der Waals surface area contributed by atoms with Crippen LogP contribution in [0.25, 0.3) is 27.9 Å². The molecule has 0 atom stereocenters. The number of hydrogen-bond acceptors (Lipinski definition) is 4. The number of para-hydroxylation sites is 2. The lowest BCUT2D eigenvalue weighted by atomic mass is 10.1. The average Bonchev–Trinajstić information content (AvgIpc) is 3.23. The molecule has 2 heterocycles. The summed E-state index contributed by atoms with van der Waals surface area (Å²) in [4.78, 5) is 13.1. The van der Waals surface area contributed by atoms with Crippen LogP contribution in [0.4, 0.5) is 5.82 Å². The van der Waals surface area contributed by atoms with Crippen molar-refractivity contribution in [3.63, 3.8) is 0 Å². The van der Waals surface area contributed by atoms with Crippen LogP contribution in [0.1, 0.15) is 10.4 Å². The van der Waals surface area contributed by atoms with Gasteiger partial charge in [0.2, 0.25) is 5.55 Å². The standard InChI is InChI=1S/C25H18N4O2/c26-24-20(15-18-11-7-8-14-22(18)31-24)25(30)27-23-16-21(17-9-3-1-4-10-17)28-29(23)19-12-5-2-6-13-19/h1-16,26H,(H,27,30). The van der Waals surface area contributed by atoms with E-state index in [0.717, 1.165) is 22.3 Å². The lowest BCUT2D eigenvalue weighted by Crippen LogP contribution is -2.22. The molecule has 0 fully saturated rings. The second-order valence-electron chi connectivity index (χ2n) is 7.01. The first-order valence-electron chi connectivity index (χ1n) is 9.79. The molecule has 5 aromatic rings. The molecule has 150 valence electrons. The molecule has 5 rings (SSSR count). The van der Waals surface area contributed by atoms with E-state index in [2.05, 4.69) is 5.32 Å². The molecule has 1 amide bonds. The van der Waals surface area contributed by atoms with E-state index >= 15 is 0 Å². The molecule has 0 aliphatic rings. The third-order valence-electron chi connectivity index (χ3n) is 4.94. The van der Waals surface area contributed by atoms with E-state index in [9.17, 15) is 4.79 Å². The number of aromatic nitrogens is 2. The Morgan fingerprint density at radius 3 is 2.32 bits per heavy atom. The summed E-state index contributed by atoms with van der Waals surface area (Å²) in [6, 6.07) is 30.1. The number of anilines is 1. The zero-order valence-electron chi connectivity index (χ0n) is 16.4. The van der Waals surface area contributed by atoms with Gasteiger partial charge in [-0.25, -0.2) is 4.68 Å². The second kappa shape index (κ2) is 7.76. The summed E-state index contributed by atoms with van der Waals surface area (Å²) in [5, 5.41) is 16.5. The number of hydrogen-bond donors (Lipinski definition) is 2. The maximum absolute atomic E-state index is 13.1. The minimum atomic E-state index is -0.434. The molecule has 0 bridgehead atoms. The van der Waals surface area contributed by atoms with Crippen molar-refractivity contribution in [2.45, 2.75) is 0 Å². The molecule has 0 radical (unpaired) electrons. The number of carbonyl (C=O) groups is 1. The predicted octanol–water partition coefficient (Wildman–Crippen LogP) is 5.02. The van der Waals surface area contributed by atoms with Crippen molar-refractivity contribution in [3.8, 4) is 16.9 Å². The van der Waals surface area contributed by atoms with E-state index in [1.54, 1.807) is 16.8 Å². The molecule has 2 aromatic heterocycles. The fourth-order valence-corrected chi connectivity index (χ4v) is 3.42. The second-order valence-corrected chi connectivity index (χ2v) is 7.01. The van der Waals surface area contributed by atoms with Crippen molar-refractivity contribution in [2.75, 3.05) is 5.32 Å². The largest absolute Gasteiger partial charge is 0.438 e. The van der Waals surface area contributed by atoms with Crippen LogP contribution in [0, 0.1) is 5.41 Å². The Morgan fingerprint density at radius 1 is 0.871 bits per heavy atom. The van der Waals surface area contributed by atoms with Crippen molar-refractivity contribution >= 4 is 22.7 Å². The van der Waals surface area contributed by atoms with E-state index < -0.39 is 5.91 Å². The summed E-state index contributed by atoms with van der Waals surface area (Å²) in [6.07, 6.45) is 0. The van der Waals surface area contributed by atoms with Gasteiger partial charge in [-0.15, -0.1) is 0 Å². The van der Waals surface area contributed by atoms with Crippen LogP contribution >= 0.6 is 0 Å². The molecule has 0 saturated carbocycles. The number of nitrogens with one attached hydrogen (secondary N) is 2. The van der Waals surface area contributed by atoms with Crippen molar-refractivity contribution < 1.29 is 9.21 Å². The van der Waals surface area contributed by atoms with Gasteiger partial charge in [0, 0.05) is 17.0 Å². The number of fused-ring (bicyclic) bond motifs is 1. The number of rotatable bonds is 4. The highest BCUT2D eigenvalue weighted by Gasteiger charge is 2.17. The zero-order valence-corrected chi connectivity index (χ0v) is 16.4. The van der Waals surface area contributed by atoms with Crippen LogP contribution in [0.3, 0.4) is 0 Å². The van der Waals surface area contributed by atoms with Crippen molar-refractivity contribution in [1.29, 1.82) is 5.41 Å². The van der Waals surface area contributed by atoms with E-state index in [0.29, 0.717) is 11.4 Å². The number of benzene rings is 3. The quantitative estimate of drug-likeness (QED) is 0.440. The summed E-state index contributed by atoms with van der Waals surface area (Å²) in [5.74, 6) is 0.0683. The monoisotopic (exact) mass is 406 g/mol. The van der Waals surface area contributed by atoms with Gasteiger partial charge in [0.05, 0.1) is 11.4 Å². The van der Waals surface area contributed by atoms with Gasteiger partial charge in [-0.05, 0) is 24.3 Å². The van der Waals surface area contributed by atoms with Crippen LogP contribution in [0.2, 0.25) is 0 Å². The fraction of sp³-hybridized carbons (Fsp3) is 0. The molecule has 31 heavy (non-hydrogen) atoms. The van der Waals surface area contributed by atoms with Gasteiger partial charge >= 0.3 is 0 Å². The minimum Gasteiger partial charge on any atom is -0.438 e. The average molecular weight is 406 g/mol. The highest BCUT2D eigenvalue weighted by atomic mass is 16.3. The van der Waals surface area contributed by atoms with E-state index in [1.165, 1.54) is 0 Å². The first-order chi connectivity index (χ1) is 15.2. The minimum absolute atomic E-state index is 0.153. The number of carbonyl (C=O) groups excluding carboxylic acids is 1. The Morgan fingerprint density at radius 2 is 1.55 bits per heavy atom. The highest BCUT2D eigenvalue weighted by Crippen LogP contribution is 2.25. The summed E-state index contributed by atoms with van der Waals surface area (Å²) in [5.41, 5.74) is 3.01. The summed E-state index contributed by atoms with van der Waals surface area (Å²) in [7, 11) is 0. The zero-order chi connectivity index (χ0) is 21.2. The lowest BCUT2D eigenvalue weighted by Gasteiger charge is -2.09. The van der Waals surface area contributed by atoms with Gasteiger partial charge in [0.1, 0.15) is 17.0 Å². The smallest absolute Gasteiger partial charge is 0.262 e. The molecule has 6 nitrogen and oxygen atoms in total. The summed E-state index contributed by atoms with van der Waals surface area (Å²) >= 11 is 0. The van der Waals surface area contributed by atoms with E-state index in [4.69, 9.17) is 14.9 Å². The molecule has 2 N–H and O–H groups in total. The fourth-order valence-electron chi connectivity index (χ4n) is 3.42. The van der Waals surface area contributed by atoms with Gasteiger partial charge in [-0.3, -0.25) is 10.2 Å². The Labute approximate surface area is 177 Å². The van der Waals surface area contributed by atoms with Crippen molar-refractivity contribution in [2.24, 2.45) is 0 Å².